The van der Waals surface area contributed by atoms with Crippen LogP contribution in [0.3, 0.4) is 0 Å². The second kappa shape index (κ2) is 4.10. The molecule has 7 heteroatoms. The largest absolute Gasteiger partial charge is 0.295 e. The minimum absolute atomic E-state index is 0.0194. The molecule has 18 heavy (non-hydrogen) atoms. The molecule has 1 aliphatic heterocycles. The highest BCUT2D eigenvalue weighted by molar-refractivity contribution is 6.21. The number of benzene rings is 1. The molecule has 1 heterocycles. The maximum atomic E-state index is 11.3. The van der Waals surface area contributed by atoms with Gasteiger partial charge in [-0.1, -0.05) is 0 Å². The molecule has 92 valence electrons. The first-order valence-electron chi connectivity index (χ1n) is 5.21. The van der Waals surface area contributed by atoms with E-state index in [-0.39, 0.29) is 11.5 Å². The number of carbonyl (C=O) groups excluding carboxylic acids is 1. The SMILES string of the molecule is CC(=O)[C@]1(N=Nc2ccc([N+](=O)[O-])cc2)N=C1C. The Kier molecular flexibility index (Phi) is 2.74. The average Bonchev–Trinajstić information content (AvgIpc) is 2.99. The van der Waals surface area contributed by atoms with Crippen LogP contribution in [0.25, 0.3) is 0 Å². The molecule has 0 aromatic heterocycles. The van der Waals surface area contributed by atoms with Gasteiger partial charge in [0.15, 0.2) is 5.78 Å². The Morgan fingerprint density at radius 3 is 2.33 bits per heavy atom. The van der Waals surface area contributed by atoms with Crippen molar-refractivity contribution in [2.75, 3.05) is 0 Å². The zero-order valence-electron chi connectivity index (χ0n) is 9.82. The lowest BCUT2D eigenvalue weighted by Crippen LogP contribution is -2.23. The van der Waals surface area contributed by atoms with Crippen molar-refractivity contribution in [2.24, 2.45) is 15.2 Å². The lowest BCUT2D eigenvalue weighted by atomic mass is 10.1. The van der Waals surface area contributed by atoms with Gasteiger partial charge in [-0.05, 0) is 26.0 Å². The summed E-state index contributed by atoms with van der Waals surface area (Å²) in [6.07, 6.45) is 0. The summed E-state index contributed by atoms with van der Waals surface area (Å²) in [6.45, 7) is 3.10. The number of non-ortho nitro benzene ring substituents is 1. The number of carbonyl (C=O) groups is 1. The van der Waals surface area contributed by atoms with Gasteiger partial charge < -0.3 is 0 Å². The highest BCUT2D eigenvalue weighted by Crippen LogP contribution is 2.32. The van der Waals surface area contributed by atoms with E-state index in [2.05, 4.69) is 15.2 Å². The fraction of sp³-hybridized carbons (Fsp3) is 0.273. The third-order valence-electron chi connectivity index (χ3n) is 2.65. The van der Waals surface area contributed by atoms with Crippen LogP contribution < -0.4 is 0 Å². The Hall–Kier alpha value is -2.44. The molecule has 0 saturated heterocycles. The third kappa shape index (κ3) is 2.02. The van der Waals surface area contributed by atoms with Gasteiger partial charge in [0.2, 0.25) is 0 Å². The lowest BCUT2D eigenvalue weighted by Gasteiger charge is -2.01. The molecule has 1 atom stereocenters. The summed E-state index contributed by atoms with van der Waals surface area (Å²) in [5.41, 5.74) is -0.0761. The van der Waals surface area contributed by atoms with Crippen molar-refractivity contribution < 1.29 is 9.72 Å². The lowest BCUT2D eigenvalue weighted by molar-refractivity contribution is -0.384. The molecule has 0 radical (unpaired) electrons. The molecule has 0 amide bonds. The Labute approximate surface area is 102 Å². The maximum absolute atomic E-state index is 11.3. The molecule has 0 spiro atoms. The van der Waals surface area contributed by atoms with E-state index >= 15 is 0 Å². The molecule has 2 rings (SSSR count). The topological polar surface area (TPSA) is 97.3 Å². The Morgan fingerprint density at radius 1 is 1.39 bits per heavy atom. The number of hydrogen-bond donors (Lipinski definition) is 0. The number of Topliss-reactive ketones (excluding diaryl/α,β-unsaturated/α-hetero) is 1. The van der Waals surface area contributed by atoms with E-state index in [1.165, 1.54) is 31.2 Å². The van der Waals surface area contributed by atoms with Gasteiger partial charge in [-0.3, -0.25) is 14.9 Å². The van der Waals surface area contributed by atoms with Crippen molar-refractivity contribution in [1.29, 1.82) is 0 Å². The summed E-state index contributed by atoms with van der Waals surface area (Å²) in [4.78, 5) is 25.3. The van der Waals surface area contributed by atoms with E-state index in [4.69, 9.17) is 0 Å². The predicted octanol–water partition coefficient (Wildman–Crippen LogP) is 2.44. The first-order valence-corrected chi connectivity index (χ1v) is 5.21. The van der Waals surface area contributed by atoms with E-state index in [0.29, 0.717) is 11.4 Å². The molecular weight excluding hydrogens is 236 g/mol. The zero-order chi connectivity index (χ0) is 13.3. The minimum atomic E-state index is -1.12. The van der Waals surface area contributed by atoms with Crippen LogP contribution in [0.2, 0.25) is 0 Å². The van der Waals surface area contributed by atoms with Gasteiger partial charge in [-0.15, -0.1) is 5.11 Å². The van der Waals surface area contributed by atoms with Gasteiger partial charge in [0.25, 0.3) is 11.4 Å². The van der Waals surface area contributed by atoms with E-state index in [9.17, 15) is 14.9 Å². The fourth-order valence-corrected chi connectivity index (χ4v) is 1.48. The summed E-state index contributed by atoms with van der Waals surface area (Å²) in [5.74, 6) is -0.189. The molecule has 0 saturated carbocycles. The molecule has 0 aliphatic carbocycles. The summed E-state index contributed by atoms with van der Waals surface area (Å²) >= 11 is 0. The van der Waals surface area contributed by atoms with Gasteiger partial charge in [0.1, 0.15) is 0 Å². The first kappa shape index (κ1) is 12.0. The van der Waals surface area contributed by atoms with Crippen molar-refractivity contribution in [2.45, 2.75) is 19.5 Å². The first-order chi connectivity index (χ1) is 8.45. The molecule has 0 fully saturated rings. The molecule has 0 N–H and O–H groups in total. The van der Waals surface area contributed by atoms with Crippen molar-refractivity contribution in [3.05, 3.63) is 34.4 Å². The van der Waals surface area contributed by atoms with Crippen LogP contribution in [0, 0.1) is 10.1 Å². The normalized spacial score (nSPS) is 21.8. The monoisotopic (exact) mass is 246 g/mol. The van der Waals surface area contributed by atoms with Crippen LogP contribution in [0.5, 0.6) is 0 Å². The zero-order valence-corrected chi connectivity index (χ0v) is 9.82. The summed E-state index contributed by atoms with van der Waals surface area (Å²) < 4.78 is 0. The molecule has 1 aliphatic rings. The number of hydrogen-bond acceptors (Lipinski definition) is 6. The van der Waals surface area contributed by atoms with E-state index in [0.717, 1.165) is 0 Å². The molecule has 1 aromatic rings. The number of rotatable bonds is 4. The van der Waals surface area contributed by atoms with Crippen molar-refractivity contribution in [1.82, 2.24) is 0 Å². The van der Waals surface area contributed by atoms with Crippen LogP contribution >= 0.6 is 0 Å². The Balaban J connectivity index is 2.15. The van der Waals surface area contributed by atoms with Crippen LogP contribution in [0.15, 0.2) is 39.5 Å². The number of azo groups is 1. The second-order valence-corrected chi connectivity index (χ2v) is 3.90. The average molecular weight is 246 g/mol. The number of ketones is 1. The van der Waals surface area contributed by atoms with Gasteiger partial charge in [0.05, 0.1) is 16.3 Å². The van der Waals surface area contributed by atoms with Gasteiger partial charge in [0, 0.05) is 12.1 Å². The quantitative estimate of drug-likeness (QED) is 0.463. The number of nitro benzene ring substituents is 1. The van der Waals surface area contributed by atoms with Gasteiger partial charge in [-0.25, -0.2) is 4.99 Å². The highest BCUT2D eigenvalue weighted by Gasteiger charge is 2.49. The molecule has 0 unspecified atom stereocenters. The van der Waals surface area contributed by atoms with Gasteiger partial charge >= 0.3 is 0 Å². The summed E-state index contributed by atoms with van der Waals surface area (Å²) in [6, 6.07) is 5.59. The van der Waals surface area contributed by atoms with E-state index in [1.54, 1.807) is 6.92 Å². The van der Waals surface area contributed by atoms with E-state index in [1.807, 2.05) is 0 Å². The smallest absolute Gasteiger partial charge is 0.269 e. The molecule has 7 nitrogen and oxygen atoms in total. The van der Waals surface area contributed by atoms with Gasteiger partial charge in [-0.2, -0.15) is 5.11 Å². The summed E-state index contributed by atoms with van der Waals surface area (Å²) in [5, 5.41) is 18.2. The van der Waals surface area contributed by atoms with Crippen LogP contribution in [-0.2, 0) is 4.79 Å². The number of nitrogens with zero attached hydrogens (tertiary/aromatic N) is 4. The maximum Gasteiger partial charge on any atom is 0.269 e. The number of aliphatic imine (C=N–C) groups is 1. The van der Waals surface area contributed by atoms with Crippen molar-refractivity contribution >= 4 is 22.9 Å². The molecular formula is C11H10N4O3. The minimum Gasteiger partial charge on any atom is -0.295 e. The van der Waals surface area contributed by atoms with Crippen LogP contribution in [0.1, 0.15) is 13.8 Å². The van der Waals surface area contributed by atoms with E-state index < -0.39 is 10.6 Å². The molecule has 0 bridgehead atoms. The summed E-state index contributed by atoms with van der Waals surface area (Å²) in [7, 11) is 0. The predicted molar refractivity (Wildman–Crippen MR) is 64.1 cm³/mol. The third-order valence-corrected chi connectivity index (χ3v) is 2.65. The fourth-order valence-electron chi connectivity index (χ4n) is 1.48. The number of nitro groups is 1. The second-order valence-electron chi connectivity index (χ2n) is 3.90. The Morgan fingerprint density at radius 2 is 1.94 bits per heavy atom. The standard InChI is InChI=1S/C11H10N4O3/c1-7-11(12-7,8(2)16)14-13-9-3-5-10(6-4-9)15(17)18/h3-6H,1-2H3/t11-/m0/s1. The van der Waals surface area contributed by atoms with Crippen LogP contribution in [0.4, 0.5) is 11.4 Å². The van der Waals surface area contributed by atoms with Crippen LogP contribution in [-0.4, -0.2) is 22.1 Å². The van der Waals surface area contributed by atoms with Crippen molar-refractivity contribution in [3.63, 3.8) is 0 Å². The molecule has 1 aromatic carbocycles. The van der Waals surface area contributed by atoms with Crippen molar-refractivity contribution in [3.8, 4) is 0 Å². The Bertz CT molecular complexity index is 576. The highest BCUT2D eigenvalue weighted by atomic mass is 16.6.